The van der Waals surface area contributed by atoms with Crippen molar-refractivity contribution < 1.29 is 4.74 Å². The lowest BCUT2D eigenvalue weighted by Gasteiger charge is -2.52. The Labute approximate surface area is 570 Å². The van der Waals surface area contributed by atoms with E-state index in [0.717, 1.165) is 0 Å². The largest absolute Gasteiger partial charge is 0.364 e. The summed E-state index contributed by atoms with van der Waals surface area (Å²) in [5, 5.41) is 0. The van der Waals surface area contributed by atoms with Crippen LogP contribution in [0.1, 0.15) is 509 Å². The lowest BCUT2D eigenvalue weighted by molar-refractivity contribution is -0.178. The zero-order valence-electron chi connectivity index (χ0n) is 64.9. The average Bonchev–Trinajstić information content (AvgIpc) is 0.733. The van der Waals surface area contributed by atoms with Gasteiger partial charge in [-0.05, 0) is 173 Å². The summed E-state index contributed by atoms with van der Waals surface area (Å²) in [7, 11) is 0. The summed E-state index contributed by atoms with van der Waals surface area (Å²) >= 11 is 0. The predicted octanol–water partition coefficient (Wildman–Crippen LogP) is 31.9. The van der Waals surface area contributed by atoms with E-state index in [4.69, 9.17) is 0 Å². The van der Waals surface area contributed by atoms with Gasteiger partial charge in [0.05, 0.1) is 11.2 Å². The molecule has 0 aliphatic heterocycles. The molecule has 1 aromatic carbocycles. The standard InChI is InChI=1S/C89H170O/c1-14-27-40-53-66-79(67-54-41-28-15-2)87(86-84(73-60-47-34-21-8)82(71-58-45-32-19-6)81(70-57-44-31-18-5)83(72-59-46-33-20-7)85(86)74-61-48-35-22-9)89(77-64-51-38-25-12,78-65-52-39-26-13)90-88(75-62-49-36-23-10,76-63-50-37-24-11)80(68-55-42-29-16-3)69-56-43-30-17-4/h80H,14-78H2,1-13H3. The van der Waals surface area contributed by atoms with E-state index in [1.165, 1.54) is 417 Å². The highest BCUT2D eigenvalue weighted by molar-refractivity contribution is 5.82. The smallest absolute Gasteiger partial charge is 0.0944 e. The molecule has 1 heteroatoms. The Morgan fingerprint density at radius 3 is 0.767 bits per heavy atom. The molecule has 0 saturated carbocycles. The molecular formula is C89H170O. The van der Waals surface area contributed by atoms with E-state index in [-0.39, 0.29) is 11.2 Å². The molecule has 1 rings (SSSR count). The SMILES string of the molecule is CCCCCCC(CCCCCC)=C(c1c(CCCCCC)c(CCCCCC)c(CCCCCC)c(CCCCCC)c1CCCCCC)C(CCCCCC)(CCCCCC)OC(CCCCCC)(CCCCCC)C(CCCCCC)CCCCCC. The van der Waals surface area contributed by atoms with Crippen molar-refractivity contribution in [2.45, 2.75) is 519 Å². The molecule has 0 amide bonds. The fourth-order valence-corrected chi connectivity index (χ4v) is 16.4. The van der Waals surface area contributed by atoms with Crippen LogP contribution in [0.15, 0.2) is 5.57 Å². The van der Waals surface area contributed by atoms with Crippen LogP contribution >= 0.6 is 0 Å². The Morgan fingerprint density at radius 1 is 0.244 bits per heavy atom. The first-order chi connectivity index (χ1) is 44.2. The van der Waals surface area contributed by atoms with E-state index in [1.807, 2.05) is 44.5 Å². The molecule has 532 valence electrons. The van der Waals surface area contributed by atoms with Gasteiger partial charge < -0.3 is 4.74 Å². The van der Waals surface area contributed by atoms with Crippen molar-refractivity contribution in [3.8, 4) is 0 Å². The first kappa shape index (κ1) is 86.9. The molecule has 0 unspecified atom stereocenters. The first-order valence-corrected chi connectivity index (χ1v) is 42.8. The Balaban J connectivity index is 5.75. The van der Waals surface area contributed by atoms with E-state index in [2.05, 4.69) is 90.0 Å². The summed E-state index contributed by atoms with van der Waals surface area (Å²) < 4.78 is 9.74. The minimum Gasteiger partial charge on any atom is -0.364 e. The summed E-state index contributed by atoms with van der Waals surface area (Å²) in [6.45, 7) is 32.0. The quantitative estimate of drug-likeness (QED) is 0.0591. The number of ether oxygens (including phenoxy) is 1. The van der Waals surface area contributed by atoms with Crippen LogP contribution < -0.4 is 0 Å². The molecule has 0 fully saturated rings. The van der Waals surface area contributed by atoms with Gasteiger partial charge >= 0.3 is 0 Å². The highest BCUT2D eigenvalue weighted by Gasteiger charge is 2.49. The summed E-state index contributed by atoms with van der Waals surface area (Å²) in [6.07, 6.45) is 87.0. The fraction of sp³-hybridized carbons (Fsp3) is 0.910. The van der Waals surface area contributed by atoms with E-state index in [1.54, 1.807) is 0 Å². The number of unbranched alkanes of at least 4 members (excludes halogenated alkanes) is 39. The molecule has 0 saturated heterocycles. The van der Waals surface area contributed by atoms with Crippen molar-refractivity contribution in [2.75, 3.05) is 0 Å². The monoisotopic (exact) mass is 1260 g/mol. The van der Waals surface area contributed by atoms with E-state index >= 15 is 0 Å². The molecule has 0 bridgehead atoms. The normalized spacial score (nSPS) is 12.2. The van der Waals surface area contributed by atoms with Gasteiger partial charge in [-0.3, -0.25) is 0 Å². The second-order valence-corrected chi connectivity index (χ2v) is 30.2. The maximum absolute atomic E-state index is 9.74. The van der Waals surface area contributed by atoms with Gasteiger partial charge in [0.15, 0.2) is 0 Å². The Kier molecular flexibility index (Phi) is 59.4. The zero-order chi connectivity index (χ0) is 65.9. The second-order valence-electron chi connectivity index (χ2n) is 30.2. The van der Waals surface area contributed by atoms with Crippen molar-refractivity contribution in [1.29, 1.82) is 0 Å². The molecule has 90 heavy (non-hydrogen) atoms. The van der Waals surface area contributed by atoms with Crippen LogP contribution in [-0.4, -0.2) is 11.2 Å². The maximum Gasteiger partial charge on any atom is 0.0944 e. The fourth-order valence-electron chi connectivity index (χ4n) is 16.4. The van der Waals surface area contributed by atoms with Gasteiger partial charge in [-0.2, -0.15) is 0 Å². The van der Waals surface area contributed by atoms with E-state index in [9.17, 15) is 4.74 Å². The Hall–Kier alpha value is -1.08. The molecule has 0 atom stereocenters. The number of hydrogen-bond acceptors (Lipinski definition) is 1. The second kappa shape index (κ2) is 61.5. The third kappa shape index (κ3) is 37.4. The third-order valence-electron chi connectivity index (χ3n) is 21.9. The van der Waals surface area contributed by atoms with Crippen molar-refractivity contribution >= 4 is 5.57 Å². The van der Waals surface area contributed by atoms with Gasteiger partial charge in [0.2, 0.25) is 0 Å². The summed E-state index contributed by atoms with van der Waals surface area (Å²) in [5.41, 5.74) is 14.8. The maximum atomic E-state index is 9.74. The lowest BCUT2D eigenvalue weighted by atomic mass is 9.67. The van der Waals surface area contributed by atoms with Crippen LogP contribution in [0, 0.1) is 5.92 Å². The van der Waals surface area contributed by atoms with Gasteiger partial charge in [-0.25, -0.2) is 0 Å². The van der Waals surface area contributed by atoms with Crippen LogP contribution in [0.5, 0.6) is 0 Å². The van der Waals surface area contributed by atoms with Gasteiger partial charge in [0, 0.05) is 0 Å². The van der Waals surface area contributed by atoms with Crippen molar-refractivity contribution in [2.24, 2.45) is 5.92 Å². The van der Waals surface area contributed by atoms with Gasteiger partial charge in [0.25, 0.3) is 0 Å². The van der Waals surface area contributed by atoms with Crippen molar-refractivity contribution in [3.05, 3.63) is 39.0 Å². The van der Waals surface area contributed by atoms with Crippen molar-refractivity contribution in [3.63, 3.8) is 0 Å². The van der Waals surface area contributed by atoms with Crippen LogP contribution in [0.3, 0.4) is 0 Å². The van der Waals surface area contributed by atoms with E-state index in [0.29, 0.717) is 5.92 Å². The molecule has 0 aliphatic rings. The molecule has 1 aromatic rings. The molecule has 0 radical (unpaired) electrons. The predicted molar refractivity (Wildman–Crippen MR) is 413 cm³/mol. The van der Waals surface area contributed by atoms with Crippen LogP contribution in [-0.2, 0) is 36.8 Å². The van der Waals surface area contributed by atoms with Crippen LogP contribution in [0.4, 0.5) is 0 Å². The Morgan fingerprint density at radius 2 is 0.478 bits per heavy atom. The van der Waals surface area contributed by atoms with Crippen molar-refractivity contribution in [1.82, 2.24) is 0 Å². The van der Waals surface area contributed by atoms with Gasteiger partial charge in [-0.1, -0.05) is 385 Å². The number of allylic oxidation sites excluding steroid dienone is 1. The van der Waals surface area contributed by atoms with Crippen LogP contribution in [0.2, 0.25) is 0 Å². The molecule has 0 aliphatic carbocycles. The Bertz CT molecular complexity index is 1630. The van der Waals surface area contributed by atoms with Crippen LogP contribution in [0.25, 0.3) is 5.57 Å². The molecule has 1 nitrogen and oxygen atoms in total. The highest BCUT2D eigenvalue weighted by Crippen LogP contribution is 2.54. The molecular weight excluding hydrogens is 1080 g/mol. The topological polar surface area (TPSA) is 9.23 Å². The molecule has 0 heterocycles. The summed E-state index contributed by atoms with van der Waals surface area (Å²) in [5.74, 6) is 0.620. The number of rotatable bonds is 70. The van der Waals surface area contributed by atoms with E-state index < -0.39 is 0 Å². The summed E-state index contributed by atoms with van der Waals surface area (Å²) in [4.78, 5) is 0. The van der Waals surface area contributed by atoms with Gasteiger partial charge in [0.1, 0.15) is 0 Å². The number of hydrogen-bond donors (Lipinski definition) is 0. The molecule has 0 aromatic heterocycles. The molecule has 0 spiro atoms. The highest BCUT2D eigenvalue weighted by atomic mass is 16.5. The minimum absolute atomic E-state index is 0.121. The lowest BCUT2D eigenvalue weighted by Crippen LogP contribution is -2.51. The minimum atomic E-state index is -0.315. The number of benzene rings is 1. The average molecular weight is 1260 g/mol. The summed E-state index contributed by atoms with van der Waals surface area (Å²) in [6, 6.07) is 0. The zero-order valence-corrected chi connectivity index (χ0v) is 64.9. The first-order valence-electron chi connectivity index (χ1n) is 42.8. The van der Waals surface area contributed by atoms with Gasteiger partial charge in [-0.15, -0.1) is 0 Å². The molecule has 0 N–H and O–H groups in total. The third-order valence-corrected chi connectivity index (χ3v) is 21.9.